The van der Waals surface area contributed by atoms with Gasteiger partial charge in [-0.25, -0.2) is 14.6 Å². The molecule has 1 aliphatic heterocycles. The van der Waals surface area contributed by atoms with Crippen molar-refractivity contribution in [2.45, 2.75) is 50.7 Å². The number of imidazole rings is 1. The monoisotopic (exact) mass is 646 g/mol. The second-order valence-electron chi connectivity index (χ2n) is 11.0. The first-order valence-electron chi connectivity index (χ1n) is 14.4. The van der Waals surface area contributed by atoms with Gasteiger partial charge in [0.2, 0.25) is 5.60 Å². The van der Waals surface area contributed by atoms with E-state index in [0.29, 0.717) is 46.5 Å². The number of benzene rings is 2. The molecule has 1 fully saturated rings. The molecule has 2 aliphatic rings. The van der Waals surface area contributed by atoms with E-state index in [1.54, 1.807) is 36.7 Å². The Morgan fingerprint density at radius 3 is 2.49 bits per heavy atom. The molecule has 0 amide bonds. The van der Waals surface area contributed by atoms with Gasteiger partial charge in [-0.15, -0.1) is 0 Å². The predicted octanol–water partition coefficient (Wildman–Crippen LogP) is 6.11. The number of ether oxygens (including phenoxy) is 2. The smallest absolute Gasteiger partial charge is 0.350 e. The van der Waals surface area contributed by atoms with E-state index in [-0.39, 0.29) is 25.0 Å². The van der Waals surface area contributed by atoms with Crippen LogP contribution in [0.4, 0.5) is 0 Å². The van der Waals surface area contributed by atoms with Crippen molar-refractivity contribution in [1.29, 1.82) is 0 Å². The van der Waals surface area contributed by atoms with E-state index in [4.69, 9.17) is 42.8 Å². The van der Waals surface area contributed by atoms with Crippen molar-refractivity contribution in [2.24, 2.45) is 4.99 Å². The second kappa shape index (κ2) is 12.5. The Bertz CT molecular complexity index is 1820. The van der Waals surface area contributed by atoms with Gasteiger partial charge in [0, 0.05) is 49.3 Å². The fourth-order valence-corrected chi connectivity index (χ4v) is 5.61. The number of carboxylic acids is 1. The van der Waals surface area contributed by atoms with Crippen LogP contribution < -0.4 is 0 Å². The summed E-state index contributed by atoms with van der Waals surface area (Å²) in [5.41, 5.74) is 3.28. The number of nitrogens with zero attached hydrogens (tertiary/aromatic N) is 4. The number of rotatable bonds is 10. The lowest BCUT2D eigenvalue weighted by Crippen LogP contribution is -2.31. The molecule has 0 radical (unpaired) electrons. The highest BCUT2D eigenvalue weighted by Gasteiger charge is 2.55. The Labute approximate surface area is 268 Å². The lowest BCUT2D eigenvalue weighted by atomic mass is 10.0. The van der Waals surface area contributed by atoms with Gasteiger partial charge in [0.15, 0.2) is 0 Å². The van der Waals surface area contributed by atoms with Gasteiger partial charge in [0.25, 0.3) is 0 Å². The van der Waals surface area contributed by atoms with E-state index >= 15 is 0 Å². The minimum absolute atomic E-state index is 0.0155. The third kappa shape index (κ3) is 6.34. The molecule has 0 spiro atoms. The Kier molecular flexibility index (Phi) is 8.44. The number of aryl methyl sites for hydroxylation is 1. The average Bonchev–Trinajstić information content (AvgIpc) is 3.74. The first kappa shape index (κ1) is 30.5. The van der Waals surface area contributed by atoms with Crippen LogP contribution in [0.3, 0.4) is 0 Å². The molecule has 1 N–H and O–H groups in total. The topological polar surface area (TPSA) is 133 Å². The third-order valence-corrected chi connectivity index (χ3v) is 8.54. The molecule has 230 valence electrons. The van der Waals surface area contributed by atoms with E-state index in [2.05, 4.69) is 9.97 Å². The highest BCUT2D eigenvalue weighted by Crippen LogP contribution is 2.42. The number of aromatic carboxylic acids is 1. The number of fused-ring (bicyclic) bond motifs is 3. The fraction of sp³-hybridized carbons (Fsp3) is 0.273. The summed E-state index contributed by atoms with van der Waals surface area (Å²) < 4.78 is 13.1. The zero-order valence-electron chi connectivity index (χ0n) is 24.2. The molecular formula is C33H28Cl2N4O6. The number of hydrogen-bond acceptors (Lipinski definition) is 8. The summed E-state index contributed by atoms with van der Waals surface area (Å²) >= 11 is 12.9. The standard InChI is InChI=1S/C33H28Cl2N4O6/c1-19-18-37-30-26(38-29(25-4-2-3-14-36-25)22-16-23(34)24(35)17-27(22)39(19)30)9-10-28(40)45-33(12-13-33)32(43)44-15-11-20-5-7-21(8-6-20)31(41)42/h2-8,14,16-18,26H,9-13,15H2,1H3,(H,41,42)/t26-/m0/s1. The number of hydrogen-bond donors (Lipinski definition) is 1. The number of aliphatic imine (C=N–C) groups is 1. The third-order valence-electron chi connectivity index (χ3n) is 7.82. The molecule has 3 heterocycles. The van der Waals surface area contributed by atoms with E-state index in [0.717, 1.165) is 22.5 Å². The molecule has 2 aromatic carbocycles. The van der Waals surface area contributed by atoms with Crippen LogP contribution in [0.1, 0.15) is 70.4 Å². The Hall–Kier alpha value is -4.54. The van der Waals surface area contributed by atoms with Gasteiger partial charge >= 0.3 is 17.9 Å². The number of carbonyl (C=O) groups is 3. The first-order valence-corrected chi connectivity index (χ1v) is 15.2. The molecule has 1 aliphatic carbocycles. The Morgan fingerprint density at radius 1 is 1.04 bits per heavy atom. The number of aromatic nitrogens is 3. The van der Waals surface area contributed by atoms with Gasteiger partial charge in [-0.2, -0.15) is 0 Å². The normalized spacial score (nSPS) is 16.1. The van der Waals surface area contributed by atoms with Crippen molar-refractivity contribution < 1.29 is 29.0 Å². The SMILES string of the molecule is Cc1cnc2n1-c1cc(Cl)c(Cl)cc1C(c1ccccn1)=N[C@H]2CCC(=O)OC1(C(=O)OCCc2ccc(C(=O)O)cc2)CC1. The molecule has 10 nitrogen and oxygen atoms in total. The lowest BCUT2D eigenvalue weighted by Gasteiger charge is -2.17. The molecule has 6 rings (SSSR count). The van der Waals surface area contributed by atoms with Crippen molar-refractivity contribution in [3.8, 4) is 5.69 Å². The lowest BCUT2D eigenvalue weighted by molar-refractivity contribution is -0.171. The van der Waals surface area contributed by atoms with E-state index in [1.807, 2.05) is 29.7 Å². The van der Waals surface area contributed by atoms with Crippen LogP contribution in [0.15, 0.2) is 72.0 Å². The van der Waals surface area contributed by atoms with Crippen molar-refractivity contribution in [3.63, 3.8) is 0 Å². The second-order valence-corrected chi connectivity index (χ2v) is 11.8. The molecule has 4 aromatic rings. The summed E-state index contributed by atoms with van der Waals surface area (Å²) in [5, 5.41) is 9.80. The molecule has 1 saturated carbocycles. The predicted molar refractivity (Wildman–Crippen MR) is 166 cm³/mol. The van der Waals surface area contributed by atoms with E-state index < -0.39 is 29.6 Å². The molecule has 45 heavy (non-hydrogen) atoms. The maximum atomic E-state index is 13.1. The summed E-state index contributed by atoms with van der Waals surface area (Å²) in [6.45, 7) is 2.00. The van der Waals surface area contributed by atoms with Gasteiger partial charge in [-0.3, -0.25) is 19.3 Å². The summed E-state index contributed by atoms with van der Waals surface area (Å²) in [6.07, 6.45) is 4.84. The van der Waals surface area contributed by atoms with Gasteiger partial charge < -0.3 is 14.6 Å². The first-order chi connectivity index (χ1) is 21.6. The van der Waals surface area contributed by atoms with E-state index in [9.17, 15) is 14.4 Å². The number of carbonyl (C=O) groups excluding carboxylic acids is 2. The number of pyridine rings is 1. The summed E-state index contributed by atoms with van der Waals surface area (Å²) in [7, 11) is 0. The maximum absolute atomic E-state index is 13.1. The van der Waals surface area contributed by atoms with Crippen LogP contribution >= 0.6 is 23.2 Å². The molecular weight excluding hydrogens is 619 g/mol. The van der Waals surface area contributed by atoms with Gasteiger partial charge in [0.1, 0.15) is 11.9 Å². The van der Waals surface area contributed by atoms with Gasteiger partial charge in [-0.05, 0) is 55.3 Å². The highest BCUT2D eigenvalue weighted by molar-refractivity contribution is 6.42. The molecule has 2 aromatic heterocycles. The highest BCUT2D eigenvalue weighted by atomic mass is 35.5. The van der Waals surface area contributed by atoms with Crippen molar-refractivity contribution in [1.82, 2.24) is 14.5 Å². The quantitative estimate of drug-likeness (QED) is 0.204. The minimum Gasteiger partial charge on any atom is -0.478 e. The van der Waals surface area contributed by atoms with Crippen LogP contribution in [0.5, 0.6) is 0 Å². The summed E-state index contributed by atoms with van der Waals surface area (Å²) in [5.74, 6) is -1.50. The van der Waals surface area contributed by atoms with Crippen LogP contribution in [0.2, 0.25) is 10.0 Å². The Morgan fingerprint density at radius 2 is 1.80 bits per heavy atom. The zero-order valence-corrected chi connectivity index (χ0v) is 25.7. The zero-order chi connectivity index (χ0) is 31.7. The largest absolute Gasteiger partial charge is 0.478 e. The summed E-state index contributed by atoms with van der Waals surface area (Å²) in [6, 6.07) is 14.9. The minimum atomic E-state index is -1.28. The van der Waals surface area contributed by atoms with Crippen molar-refractivity contribution in [3.05, 3.63) is 111 Å². The molecule has 12 heteroatoms. The fourth-order valence-electron chi connectivity index (χ4n) is 5.29. The van der Waals surface area contributed by atoms with Crippen LogP contribution in [-0.2, 0) is 25.5 Å². The molecule has 0 unspecified atom stereocenters. The van der Waals surface area contributed by atoms with Crippen molar-refractivity contribution in [2.75, 3.05) is 6.61 Å². The number of halogens is 2. The molecule has 0 saturated heterocycles. The van der Waals surface area contributed by atoms with Gasteiger partial charge in [-0.1, -0.05) is 41.4 Å². The average molecular weight is 648 g/mol. The van der Waals surface area contributed by atoms with E-state index in [1.165, 1.54) is 12.1 Å². The summed E-state index contributed by atoms with van der Waals surface area (Å²) in [4.78, 5) is 51.2. The molecule has 0 bridgehead atoms. The maximum Gasteiger partial charge on any atom is 0.350 e. The van der Waals surface area contributed by atoms with Crippen LogP contribution in [0, 0.1) is 6.92 Å². The molecule has 1 atom stereocenters. The number of carboxylic acid groups (broad SMARTS) is 1. The Balaban J connectivity index is 1.15. The van der Waals surface area contributed by atoms with Gasteiger partial charge in [0.05, 0.1) is 39.3 Å². The van der Waals surface area contributed by atoms with Crippen LogP contribution in [-0.4, -0.2) is 55.5 Å². The van der Waals surface area contributed by atoms with Crippen molar-refractivity contribution >= 4 is 46.8 Å². The number of esters is 2. The van der Waals surface area contributed by atoms with Crippen LogP contribution in [0.25, 0.3) is 5.69 Å².